The molecule has 0 saturated carbocycles. The van der Waals surface area contributed by atoms with Crippen molar-refractivity contribution in [2.75, 3.05) is 6.54 Å². The van der Waals surface area contributed by atoms with Crippen molar-refractivity contribution in [3.8, 4) is 0 Å². The first-order valence-corrected chi connectivity index (χ1v) is 6.86. The van der Waals surface area contributed by atoms with Crippen LogP contribution >= 0.6 is 0 Å². The molecule has 3 heteroatoms. The molecule has 0 fully saturated rings. The van der Waals surface area contributed by atoms with E-state index >= 15 is 0 Å². The molecule has 0 aliphatic heterocycles. The van der Waals surface area contributed by atoms with Crippen molar-refractivity contribution >= 4 is 5.97 Å². The van der Waals surface area contributed by atoms with E-state index in [-0.39, 0.29) is 6.04 Å². The van der Waals surface area contributed by atoms with Gasteiger partial charge in [0.1, 0.15) is 6.04 Å². The molecule has 1 unspecified atom stereocenters. The largest absolute Gasteiger partial charge is 0.480 e. The van der Waals surface area contributed by atoms with Gasteiger partial charge in [-0.3, -0.25) is 4.79 Å². The monoisotopic (exact) mass is 243 g/mol. The molecule has 0 bridgehead atoms. The predicted molar refractivity (Wildman–Crippen MR) is 72.1 cm³/mol. The molecule has 17 heavy (non-hydrogen) atoms. The van der Waals surface area contributed by atoms with E-state index in [2.05, 4.69) is 39.9 Å². The van der Waals surface area contributed by atoms with Crippen LogP contribution in [0.15, 0.2) is 0 Å². The average Bonchev–Trinajstić information content (AvgIpc) is 2.21. The van der Waals surface area contributed by atoms with Gasteiger partial charge in [-0.05, 0) is 30.7 Å². The van der Waals surface area contributed by atoms with E-state index in [0.717, 1.165) is 25.8 Å². The third-order valence-corrected chi connectivity index (χ3v) is 3.46. The Bertz CT molecular complexity index is 206. The number of hydrogen-bond acceptors (Lipinski definition) is 2. The topological polar surface area (TPSA) is 49.3 Å². The highest BCUT2D eigenvalue weighted by molar-refractivity contribution is 5.73. The number of rotatable bonds is 9. The van der Waals surface area contributed by atoms with Gasteiger partial charge >= 0.3 is 5.97 Å². The van der Waals surface area contributed by atoms with Crippen molar-refractivity contribution in [2.45, 2.75) is 59.9 Å². The summed E-state index contributed by atoms with van der Waals surface area (Å²) in [6.45, 7) is 11.7. The maximum Gasteiger partial charge on any atom is 0.320 e. The van der Waals surface area contributed by atoms with Gasteiger partial charge in [-0.25, -0.2) is 0 Å². The number of carboxylic acids is 1. The van der Waals surface area contributed by atoms with E-state index in [1.54, 1.807) is 0 Å². The van der Waals surface area contributed by atoms with E-state index in [1.165, 1.54) is 0 Å². The Morgan fingerprint density at radius 1 is 1.18 bits per heavy atom. The van der Waals surface area contributed by atoms with Crippen LogP contribution in [0.5, 0.6) is 0 Å². The summed E-state index contributed by atoms with van der Waals surface area (Å²) in [5, 5.41) is 12.3. The number of hydrogen-bond donors (Lipinski definition) is 2. The van der Waals surface area contributed by atoms with Crippen molar-refractivity contribution in [1.29, 1.82) is 0 Å². The molecule has 1 atom stereocenters. The lowest BCUT2D eigenvalue weighted by Gasteiger charge is -2.27. The lowest BCUT2D eigenvalue weighted by atomic mass is 9.85. The number of carboxylic acid groups (broad SMARTS) is 1. The Morgan fingerprint density at radius 3 is 2.06 bits per heavy atom. The minimum atomic E-state index is -0.718. The molecular formula is C14H29NO2. The number of nitrogens with one attached hydrogen (secondary N) is 1. The van der Waals surface area contributed by atoms with Gasteiger partial charge in [0.05, 0.1) is 0 Å². The first kappa shape index (κ1) is 16.4. The first-order chi connectivity index (χ1) is 7.90. The number of aliphatic carboxylic acids is 1. The molecule has 0 amide bonds. The molecular weight excluding hydrogens is 214 g/mol. The van der Waals surface area contributed by atoms with Gasteiger partial charge < -0.3 is 10.4 Å². The summed E-state index contributed by atoms with van der Waals surface area (Å²) >= 11 is 0. The summed E-state index contributed by atoms with van der Waals surface area (Å²) in [6.07, 6.45) is 2.75. The van der Waals surface area contributed by atoms with Gasteiger partial charge in [0.2, 0.25) is 0 Å². The van der Waals surface area contributed by atoms with Crippen molar-refractivity contribution < 1.29 is 9.90 Å². The molecule has 0 aromatic rings. The van der Waals surface area contributed by atoms with E-state index in [4.69, 9.17) is 5.11 Å². The highest BCUT2D eigenvalue weighted by Gasteiger charge is 2.21. The maximum atomic E-state index is 11.1. The summed E-state index contributed by atoms with van der Waals surface area (Å²) < 4.78 is 0. The molecule has 0 aliphatic rings. The fourth-order valence-electron chi connectivity index (χ4n) is 2.24. The van der Waals surface area contributed by atoms with Gasteiger partial charge in [0.15, 0.2) is 0 Å². The summed E-state index contributed by atoms with van der Waals surface area (Å²) in [7, 11) is 0. The molecule has 0 aromatic carbocycles. The molecule has 0 aromatic heterocycles. The van der Waals surface area contributed by atoms with Gasteiger partial charge in [0.25, 0.3) is 0 Å². The standard InChI is InChI=1S/C14H29NO2/c1-6-7-8-13(14(16)17)15-9-12(10(2)3)11(4)5/h10-13,15H,6-9H2,1-5H3,(H,16,17). The molecule has 102 valence electrons. The van der Waals surface area contributed by atoms with Crippen LogP contribution in [0.3, 0.4) is 0 Å². The smallest absolute Gasteiger partial charge is 0.320 e. The molecule has 0 spiro atoms. The van der Waals surface area contributed by atoms with Gasteiger partial charge in [-0.15, -0.1) is 0 Å². The van der Waals surface area contributed by atoms with Crippen LogP contribution in [0.25, 0.3) is 0 Å². The summed E-state index contributed by atoms with van der Waals surface area (Å²) in [5.74, 6) is 0.995. The van der Waals surface area contributed by atoms with E-state index in [0.29, 0.717) is 17.8 Å². The predicted octanol–water partition coefficient (Wildman–Crippen LogP) is 3.15. The third kappa shape index (κ3) is 6.67. The SMILES string of the molecule is CCCCC(NCC(C(C)C)C(C)C)C(=O)O. The van der Waals surface area contributed by atoms with Crippen LogP contribution in [-0.2, 0) is 4.79 Å². The highest BCUT2D eigenvalue weighted by Crippen LogP contribution is 2.19. The zero-order chi connectivity index (χ0) is 13.4. The van der Waals surface area contributed by atoms with Crippen LogP contribution in [-0.4, -0.2) is 23.7 Å². The average molecular weight is 243 g/mol. The molecule has 3 nitrogen and oxygen atoms in total. The molecule has 0 aliphatic carbocycles. The van der Waals surface area contributed by atoms with E-state index < -0.39 is 5.97 Å². The second kappa shape index (κ2) is 8.51. The Balaban J connectivity index is 4.21. The Labute approximate surface area is 106 Å². The third-order valence-electron chi connectivity index (χ3n) is 3.46. The zero-order valence-electron chi connectivity index (χ0n) is 12.0. The van der Waals surface area contributed by atoms with Gasteiger partial charge in [0, 0.05) is 0 Å². The second-order valence-corrected chi connectivity index (χ2v) is 5.59. The lowest BCUT2D eigenvalue weighted by Crippen LogP contribution is -2.41. The zero-order valence-corrected chi connectivity index (χ0v) is 12.0. The normalized spacial score (nSPS) is 13.6. The Morgan fingerprint density at radius 2 is 1.71 bits per heavy atom. The lowest BCUT2D eigenvalue weighted by molar-refractivity contribution is -0.139. The van der Waals surface area contributed by atoms with Crippen molar-refractivity contribution in [3.63, 3.8) is 0 Å². The summed E-state index contributed by atoms with van der Waals surface area (Å²) in [5.41, 5.74) is 0. The van der Waals surface area contributed by atoms with Crippen molar-refractivity contribution in [1.82, 2.24) is 5.32 Å². The number of unbranched alkanes of at least 4 members (excludes halogenated alkanes) is 1. The number of carbonyl (C=O) groups is 1. The minimum absolute atomic E-state index is 0.380. The molecule has 0 saturated heterocycles. The van der Waals surface area contributed by atoms with Crippen LogP contribution in [0.4, 0.5) is 0 Å². The fraction of sp³-hybridized carbons (Fsp3) is 0.929. The van der Waals surface area contributed by atoms with Crippen molar-refractivity contribution in [3.05, 3.63) is 0 Å². The van der Waals surface area contributed by atoms with Crippen LogP contribution in [0.2, 0.25) is 0 Å². The molecule has 0 rings (SSSR count). The van der Waals surface area contributed by atoms with Crippen LogP contribution < -0.4 is 5.32 Å². The van der Waals surface area contributed by atoms with Gasteiger partial charge in [-0.2, -0.15) is 0 Å². The summed E-state index contributed by atoms with van der Waals surface area (Å²) in [6, 6.07) is -0.380. The maximum absolute atomic E-state index is 11.1. The Kier molecular flexibility index (Phi) is 8.23. The van der Waals surface area contributed by atoms with Gasteiger partial charge in [-0.1, -0.05) is 47.5 Å². The quantitative estimate of drug-likeness (QED) is 0.654. The van der Waals surface area contributed by atoms with Crippen LogP contribution in [0, 0.1) is 17.8 Å². The first-order valence-electron chi connectivity index (χ1n) is 6.86. The molecule has 0 radical (unpaired) electrons. The van der Waals surface area contributed by atoms with Crippen molar-refractivity contribution in [2.24, 2.45) is 17.8 Å². The molecule has 2 N–H and O–H groups in total. The Hall–Kier alpha value is -0.570. The summed E-state index contributed by atoms with van der Waals surface area (Å²) in [4.78, 5) is 11.1. The minimum Gasteiger partial charge on any atom is -0.480 e. The van der Waals surface area contributed by atoms with Crippen LogP contribution in [0.1, 0.15) is 53.9 Å². The highest BCUT2D eigenvalue weighted by atomic mass is 16.4. The second-order valence-electron chi connectivity index (χ2n) is 5.59. The van der Waals surface area contributed by atoms with E-state index in [1.807, 2.05) is 0 Å². The molecule has 0 heterocycles. The fourth-order valence-corrected chi connectivity index (χ4v) is 2.24. The van der Waals surface area contributed by atoms with E-state index in [9.17, 15) is 4.79 Å².